The van der Waals surface area contributed by atoms with Gasteiger partial charge in [-0.15, -0.1) is 0 Å². The van der Waals surface area contributed by atoms with Gasteiger partial charge in [-0.05, 0) is 298 Å². The maximum atomic E-state index is 15.1. The molecular formula is C81H116F4O10. The average molecular weight is 1330 g/mol. The summed E-state index contributed by atoms with van der Waals surface area (Å²) >= 11 is 0. The second-order valence-electron chi connectivity index (χ2n) is 37.2. The molecule has 0 unspecified atom stereocenters. The van der Waals surface area contributed by atoms with Crippen molar-refractivity contribution < 1.29 is 66.2 Å². The lowest BCUT2D eigenvalue weighted by Crippen LogP contribution is -2.53. The van der Waals surface area contributed by atoms with Crippen LogP contribution in [0.5, 0.6) is 0 Å². The maximum absolute atomic E-state index is 15.1. The summed E-state index contributed by atoms with van der Waals surface area (Å²) < 4.78 is 84.3. The van der Waals surface area contributed by atoms with Crippen LogP contribution in [0.2, 0.25) is 0 Å². The van der Waals surface area contributed by atoms with E-state index in [4.69, 9.17) is 18.9 Å². The molecule has 14 fully saturated rings. The molecule has 2 spiro atoms. The number of allylic oxidation sites excluding steroid dienone is 5. The molecule has 0 bridgehead atoms. The second-order valence-corrected chi connectivity index (χ2v) is 37.2. The highest BCUT2D eigenvalue weighted by Gasteiger charge is 2.69. The lowest BCUT2D eigenvalue weighted by atomic mass is 9.51. The first-order chi connectivity index (χ1) is 44.9. The van der Waals surface area contributed by atoms with E-state index in [1.807, 2.05) is 20.8 Å². The molecule has 2 heterocycles. The normalized spacial score (nSPS) is 50.1. The number of carbonyl (C=O) groups is 3. The summed E-state index contributed by atoms with van der Waals surface area (Å²) in [5.74, 6) is 7.58. The number of fused-ring (bicyclic) bond motifs is 22. The Morgan fingerprint density at radius 1 is 0.400 bits per heavy atom. The van der Waals surface area contributed by atoms with E-state index in [0.29, 0.717) is 197 Å². The fourth-order valence-electron chi connectivity index (χ4n) is 27.8. The quantitative estimate of drug-likeness (QED) is 0.217. The van der Waals surface area contributed by atoms with Crippen molar-refractivity contribution in [1.82, 2.24) is 0 Å². The van der Waals surface area contributed by atoms with Gasteiger partial charge >= 0.3 is 0 Å². The standard InChI is InChI=1S/C21H31FO3.C21H31FO2.C20H27FO3.C19H27FO2/c1-19(23)6-3-14-13-4-7-20(2)17(5-8-21(20)24-9-10-25-21)15(13)11-18(22)16(14)12-19;1-12(23)17-4-5-18-15-10-19(22)16-11-20(2,24)8-6-14(16)13(15)7-9-21(17,18)3;1-19-6-4-14-13-3-2-12(22)10-16(13)18(21)11-15(14)17(19)5-7-20(19)23-8-9-24-20;1-18(22)7-5-12-11-6-8-19(2)15(3-4-17(19)21)13(11)9-16(20)14(12)10-18/h13-15,17,23H,3-12H2,1-2H3;13-15,17-18,24H,4-11H2,1-3H3;13-15,17H,2-11H2,1H3;11-13,15,22H,3-10H2,1-2H3/t13-,14-,15-,17+,19-,20+;13-,14-,15-,17-,18+,20-,21-;13-,14-,15-,17+,19+;11-,12-,13-,15+,18-,19+/m1111/s1. The molecule has 12 saturated carbocycles. The highest BCUT2D eigenvalue weighted by atomic mass is 19.1. The van der Waals surface area contributed by atoms with Gasteiger partial charge in [0.2, 0.25) is 0 Å². The van der Waals surface area contributed by atoms with E-state index in [1.54, 1.807) is 6.92 Å². The molecule has 24 atom stereocenters. The van der Waals surface area contributed by atoms with E-state index in [2.05, 4.69) is 27.7 Å². The predicted molar refractivity (Wildman–Crippen MR) is 354 cm³/mol. The van der Waals surface area contributed by atoms with Gasteiger partial charge in [-0.1, -0.05) is 27.7 Å². The zero-order valence-electron chi connectivity index (χ0n) is 59.0. The van der Waals surface area contributed by atoms with Crippen LogP contribution in [0.3, 0.4) is 0 Å². The van der Waals surface area contributed by atoms with Crippen molar-refractivity contribution in [2.45, 2.75) is 289 Å². The Bertz CT molecular complexity index is 3180. The molecule has 16 aliphatic carbocycles. The third-order valence-electron chi connectivity index (χ3n) is 32.5. The van der Waals surface area contributed by atoms with Crippen LogP contribution in [0.15, 0.2) is 45.6 Å². The number of ketones is 3. The first-order valence-electron chi connectivity index (χ1n) is 38.7. The van der Waals surface area contributed by atoms with Gasteiger partial charge in [0.05, 0.1) is 60.7 Å². The zero-order chi connectivity index (χ0) is 67.0. The van der Waals surface area contributed by atoms with E-state index >= 15 is 4.39 Å². The lowest BCUT2D eigenvalue weighted by Gasteiger charge is -2.55. The van der Waals surface area contributed by atoms with Gasteiger partial charge in [-0.3, -0.25) is 14.4 Å². The molecule has 0 radical (unpaired) electrons. The second kappa shape index (κ2) is 24.3. The highest BCUT2D eigenvalue weighted by molar-refractivity contribution is 5.87. The minimum absolute atomic E-state index is 0.0208. The lowest BCUT2D eigenvalue weighted by molar-refractivity contribution is -0.240. The highest BCUT2D eigenvalue weighted by Crippen LogP contribution is 2.71. The number of ether oxygens (including phenoxy) is 4. The van der Waals surface area contributed by atoms with Crippen LogP contribution in [0.25, 0.3) is 0 Å². The molecule has 0 amide bonds. The van der Waals surface area contributed by atoms with E-state index in [0.717, 1.165) is 164 Å². The van der Waals surface area contributed by atoms with Crippen LogP contribution >= 0.6 is 0 Å². The Kier molecular flexibility index (Phi) is 17.4. The number of rotatable bonds is 1. The van der Waals surface area contributed by atoms with Gasteiger partial charge in [-0.25, -0.2) is 17.6 Å². The van der Waals surface area contributed by atoms with Crippen molar-refractivity contribution in [1.29, 1.82) is 0 Å². The monoisotopic (exact) mass is 1320 g/mol. The third-order valence-corrected chi connectivity index (χ3v) is 32.5. The molecule has 2 saturated heterocycles. The number of halogens is 4. The molecular weight excluding hydrogens is 1210 g/mol. The maximum Gasteiger partial charge on any atom is 0.174 e. The Balaban J connectivity index is 0.000000104. The summed E-state index contributed by atoms with van der Waals surface area (Å²) in [4.78, 5) is 36.2. The van der Waals surface area contributed by atoms with Gasteiger partial charge in [0.15, 0.2) is 11.6 Å². The molecule has 0 aromatic carbocycles. The fourth-order valence-corrected chi connectivity index (χ4v) is 27.8. The van der Waals surface area contributed by atoms with Crippen molar-refractivity contribution in [2.75, 3.05) is 26.4 Å². The van der Waals surface area contributed by atoms with Gasteiger partial charge < -0.3 is 34.3 Å². The van der Waals surface area contributed by atoms with Gasteiger partial charge in [0, 0.05) is 80.0 Å². The van der Waals surface area contributed by atoms with Crippen molar-refractivity contribution in [3.63, 3.8) is 0 Å². The predicted octanol–water partition coefficient (Wildman–Crippen LogP) is 17.5. The number of hydrogen-bond donors (Lipinski definition) is 3. The Hall–Kier alpha value is -2.59. The minimum atomic E-state index is -0.734. The number of Topliss-reactive ketones (excluding diaryl/α,β-unsaturated/α-hetero) is 3. The summed E-state index contributed by atoms with van der Waals surface area (Å²) in [6, 6.07) is 0. The SMILES string of the molecule is CC(=O)[C@H]1CC[C@H]2[C@@H]3CC(F)=C4C[C@](C)(O)CC[C@@H]4[C@H]3CC[C@]12C.C[C@@]1(O)CC[C@H]2C(=C(F)C[C@@H]3[C@@H]2CC[C@@]2(C)[C@H]3CCC23OCCO3)C1.C[C@@]1(O)CC[C@H]2C(=C(F)C[C@@H]3[C@@H]2CC[C@]2(C)C(=O)CC[C@@H]32)C1.C[C@]12CC[C@H]3[C@@H](CC(F)=C4CC(=O)CC[C@@H]43)[C@@H]1CCC21OCCO1. The summed E-state index contributed by atoms with van der Waals surface area (Å²) in [6.45, 7) is 19.2. The van der Waals surface area contributed by atoms with E-state index in [1.165, 1.54) is 0 Å². The largest absolute Gasteiger partial charge is 0.390 e. The molecule has 528 valence electrons. The van der Waals surface area contributed by atoms with Crippen molar-refractivity contribution >= 4 is 17.3 Å². The molecule has 0 aromatic rings. The molecule has 0 aromatic heterocycles. The molecule has 3 N–H and O–H groups in total. The molecule has 2 aliphatic heterocycles. The molecule has 95 heavy (non-hydrogen) atoms. The Morgan fingerprint density at radius 2 is 0.789 bits per heavy atom. The van der Waals surface area contributed by atoms with Crippen LogP contribution in [0.4, 0.5) is 17.6 Å². The van der Waals surface area contributed by atoms with Crippen LogP contribution in [-0.2, 0) is 33.3 Å². The smallest absolute Gasteiger partial charge is 0.174 e. The molecule has 10 nitrogen and oxygen atoms in total. The molecule has 14 heteroatoms. The zero-order valence-corrected chi connectivity index (χ0v) is 59.0. The van der Waals surface area contributed by atoms with Crippen molar-refractivity contribution in [3.8, 4) is 0 Å². The van der Waals surface area contributed by atoms with Gasteiger partial charge in [0.25, 0.3) is 0 Å². The minimum Gasteiger partial charge on any atom is -0.390 e. The van der Waals surface area contributed by atoms with Crippen LogP contribution in [-0.4, -0.2) is 87.5 Å². The summed E-state index contributed by atoms with van der Waals surface area (Å²) in [6.07, 6.45) is 27.4. The molecule has 18 aliphatic rings. The fraction of sp³-hybridized carbons (Fsp3) is 0.864. The Labute approximate surface area is 564 Å². The van der Waals surface area contributed by atoms with Crippen LogP contribution < -0.4 is 0 Å². The van der Waals surface area contributed by atoms with Crippen LogP contribution in [0, 0.1) is 122 Å². The first-order valence-corrected chi connectivity index (χ1v) is 38.7. The van der Waals surface area contributed by atoms with Crippen molar-refractivity contribution in [2.24, 2.45) is 122 Å². The summed E-state index contributed by atoms with van der Waals surface area (Å²) in [7, 11) is 0. The third kappa shape index (κ3) is 11.0. The van der Waals surface area contributed by atoms with Crippen LogP contribution in [0.1, 0.15) is 261 Å². The first kappa shape index (κ1) is 68.2. The van der Waals surface area contributed by atoms with E-state index < -0.39 is 28.4 Å². The Morgan fingerprint density at radius 3 is 1.23 bits per heavy atom. The molecule has 18 rings (SSSR count). The summed E-state index contributed by atoms with van der Waals surface area (Å²) in [5, 5.41) is 31.1. The number of carbonyl (C=O) groups excluding carboxylic acids is 3. The average Bonchev–Trinajstić information content (AvgIpc) is 1.58. The van der Waals surface area contributed by atoms with Gasteiger partial charge in [-0.2, -0.15) is 0 Å². The topological polar surface area (TPSA) is 149 Å². The van der Waals surface area contributed by atoms with Gasteiger partial charge in [0.1, 0.15) is 23.2 Å². The van der Waals surface area contributed by atoms with E-state index in [-0.39, 0.29) is 56.7 Å². The van der Waals surface area contributed by atoms with Crippen molar-refractivity contribution in [3.05, 3.63) is 45.6 Å². The number of aliphatic hydroxyl groups is 3. The summed E-state index contributed by atoms with van der Waals surface area (Å²) in [5.41, 5.74) is 1.42. The van der Waals surface area contributed by atoms with E-state index in [9.17, 15) is 42.9 Å². The number of hydrogen-bond acceptors (Lipinski definition) is 10.